The molecule has 30 heavy (non-hydrogen) atoms. The molecule has 0 unspecified atom stereocenters. The molecule has 1 fully saturated rings. The zero-order valence-corrected chi connectivity index (χ0v) is 17.8. The van der Waals surface area contributed by atoms with Gasteiger partial charge in [-0.2, -0.15) is 0 Å². The highest BCUT2D eigenvalue weighted by Gasteiger charge is 2.48. The van der Waals surface area contributed by atoms with Gasteiger partial charge >= 0.3 is 6.09 Å². The van der Waals surface area contributed by atoms with Crippen LogP contribution < -0.4 is 9.47 Å². The number of carbonyl (C=O) groups excluding carboxylic acids is 1. The smallest absolute Gasteiger partial charge is 0.410 e. The van der Waals surface area contributed by atoms with Crippen LogP contribution in [0.5, 0.6) is 11.5 Å². The van der Waals surface area contributed by atoms with Crippen LogP contribution >= 0.6 is 0 Å². The van der Waals surface area contributed by atoms with Crippen LogP contribution in [0.25, 0.3) is 0 Å². The average Bonchev–Trinajstić information content (AvgIpc) is 3.08. The Hall–Kier alpha value is -2.73. The van der Waals surface area contributed by atoms with Crippen molar-refractivity contribution < 1.29 is 24.1 Å². The Balaban J connectivity index is 1.49. The molecule has 0 radical (unpaired) electrons. The molecule has 2 aliphatic heterocycles. The van der Waals surface area contributed by atoms with Gasteiger partial charge in [-0.1, -0.05) is 36.4 Å². The molecule has 2 heterocycles. The SMILES string of the molecule is CC(C)(C)OC(=O)N1CC[C@@]2(C[C@@H](O)c3c(OCc4ccccc4)cccc3O2)C1. The van der Waals surface area contributed by atoms with Gasteiger partial charge < -0.3 is 24.2 Å². The number of hydrogen-bond acceptors (Lipinski definition) is 5. The maximum Gasteiger partial charge on any atom is 0.410 e. The van der Waals surface area contributed by atoms with Crippen LogP contribution in [-0.2, 0) is 11.3 Å². The van der Waals surface area contributed by atoms with Gasteiger partial charge in [0, 0.05) is 19.4 Å². The summed E-state index contributed by atoms with van der Waals surface area (Å²) in [6.45, 7) is 6.91. The first-order valence-electron chi connectivity index (χ1n) is 10.4. The number of aliphatic hydroxyl groups is 1. The predicted molar refractivity (Wildman–Crippen MR) is 113 cm³/mol. The van der Waals surface area contributed by atoms with Crippen molar-refractivity contribution in [2.75, 3.05) is 13.1 Å². The highest BCUT2D eigenvalue weighted by Crippen LogP contribution is 2.47. The molecule has 0 saturated carbocycles. The molecule has 1 N–H and O–H groups in total. The van der Waals surface area contributed by atoms with Crippen molar-refractivity contribution in [2.45, 2.75) is 57.5 Å². The third-order valence-corrected chi connectivity index (χ3v) is 5.46. The zero-order chi connectivity index (χ0) is 21.4. The van der Waals surface area contributed by atoms with Gasteiger partial charge in [0.05, 0.1) is 18.2 Å². The molecule has 1 spiro atoms. The standard InChI is InChI=1S/C24H29NO5/c1-23(2,3)30-22(27)25-13-12-24(16-25)14-18(26)21-19(10-7-11-20(21)29-24)28-15-17-8-5-4-6-9-17/h4-11,18,26H,12-16H2,1-3H3/t18-,24-/m1/s1. The lowest BCUT2D eigenvalue weighted by Crippen LogP contribution is -2.45. The average molecular weight is 411 g/mol. The van der Waals surface area contributed by atoms with Gasteiger partial charge in [0.2, 0.25) is 0 Å². The molecule has 0 aliphatic carbocycles. The van der Waals surface area contributed by atoms with Crippen molar-refractivity contribution in [3.63, 3.8) is 0 Å². The van der Waals surface area contributed by atoms with E-state index < -0.39 is 17.3 Å². The van der Waals surface area contributed by atoms with Gasteiger partial charge in [-0.3, -0.25) is 0 Å². The van der Waals surface area contributed by atoms with Gasteiger partial charge in [0.25, 0.3) is 0 Å². The largest absolute Gasteiger partial charge is 0.488 e. The fraction of sp³-hybridized carbons (Fsp3) is 0.458. The molecule has 6 heteroatoms. The molecule has 2 aromatic carbocycles. The summed E-state index contributed by atoms with van der Waals surface area (Å²) in [4.78, 5) is 14.1. The number of aliphatic hydroxyl groups excluding tert-OH is 1. The van der Waals surface area contributed by atoms with Crippen molar-refractivity contribution in [3.05, 3.63) is 59.7 Å². The van der Waals surface area contributed by atoms with E-state index in [4.69, 9.17) is 14.2 Å². The Labute approximate surface area is 177 Å². The Morgan fingerprint density at radius 2 is 1.97 bits per heavy atom. The second kappa shape index (κ2) is 7.84. The minimum atomic E-state index is -0.723. The number of likely N-dealkylation sites (tertiary alicyclic amines) is 1. The zero-order valence-electron chi connectivity index (χ0n) is 17.8. The second-order valence-corrected chi connectivity index (χ2v) is 9.10. The molecule has 2 atom stereocenters. The molecule has 6 nitrogen and oxygen atoms in total. The van der Waals surface area contributed by atoms with Crippen LogP contribution in [-0.4, -0.2) is 40.4 Å². The highest BCUT2D eigenvalue weighted by atomic mass is 16.6. The molecule has 0 bridgehead atoms. The number of carbonyl (C=O) groups is 1. The van der Waals surface area contributed by atoms with Crippen LogP contribution in [0.3, 0.4) is 0 Å². The Morgan fingerprint density at radius 3 is 2.70 bits per heavy atom. The van der Waals surface area contributed by atoms with Crippen molar-refractivity contribution in [2.24, 2.45) is 0 Å². The summed E-state index contributed by atoms with van der Waals surface area (Å²) in [7, 11) is 0. The highest BCUT2D eigenvalue weighted by molar-refractivity contribution is 5.68. The normalized spacial score (nSPS) is 23.1. The number of nitrogens with zero attached hydrogens (tertiary/aromatic N) is 1. The first kappa shape index (κ1) is 20.5. The molecule has 2 aliphatic rings. The van der Waals surface area contributed by atoms with Gasteiger partial charge in [0.15, 0.2) is 0 Å². The molecule has 160 valence electrons. The van der Waals surface area contributed by atoms with Gasteiger partial charge in [-0.05, 0) is 38.5 Å². The monoisotopic (exact) mass is 411 g/mol. The van der Waals surface area contributed by atoms with E-state index in [1.54, 1.807) is 4.90 Å². The minimum Gasteiger partial charge on any atom is -0.488 e. The van der Waals surface area contributed by atoms with Gasteiger partial charge in [-0.25, -0.2) is 4.79 Å². The molecular weight excluding hydrogens is 382 g/mol. The number of amides is 1. The van der Waals surface area contributed by atoms with E-state index in [1.807, 2.05) is 69.3 Å². The lowest BCUT2D eigenvalue weighted by molar-refractivity contribution is -0.0144. The molecule has 4 rings (SSSR count). The van der Waals surface area contributed by atoms with Crippen LogP contribution in [0.1, 0.15) is 50.8 Å². The van der Waals surface area contributed by atoms with Crippen molar-refractivity contribution >= 4 is 6.09 Å². The Bertz CT molecular complexity index is 908. The van der Waals surface area contributed by atoms with Crippen LogP contribution in [0.15, 0.2) is 48.5 Å². The van der Waals surface area contributed by atoms with E-state index in [9.17, 15) is 9.90 Å². The molecule has 1 saturated heterocycles. The number of rotatable bonds is 3. The molecule has 0 aromatic heterocycles. The minimum absolute atomic E-state index is 0.344. The topological polar surface area (TPSA) is 68.2 Å². The van der Waals surface area contributed by atoms with Crippen LogP contribution in [0, 0.1) is 0 Å². The first-order chi connectivity index (χ1) is 14.2. The summed E-state index contributed by atoms with van der Waals surface area (Å²) in [5.74, 6) is 1.24. The fourth-order valence-electron chi connectivity index (χ4n) is 4.11. The van der Waals surface area contributed by atoms with E-state index in [2.05, 4.69) is 0 Å². The number of hydrogen-bond donors (Lipinski definition) is 1. The Kier molecular flexibility index (Phi) is 5.36. The summed E-state index contributed by atoms with van der Waals surface area (Å²) in [6, 6.07) is 15.5. The summed E-state index contributed by atoms with van der Waals surface area (Å²) >= 11 is 0. The Morgan fingerprint density at radius 1 is 1.20 bits per heavy atom. The predicted octanol–water partition coefficient (Wildman–Crippen LogP) is 4.46. The lowest BCUT2D eigenvalue weighted by Gasteiger charge is -2.38. The summed E-state index contributed by atoms with van der Waals surface area (Å²) in [5, 5.41) is 11.0. The summed E-state index contributed by atoms with van der Waals surface area (Å²) in [5.41, 5.74) is 0.579. The van der Waals surface area contributed by atoms with Crippen LogP contribution in [0.2, 0.25) is 0 Å². The maximum absolute atomic E-state index is 12.5. The van der Waals surface area contributed by atoms with E-state index >= 15 is 0 Å². The second-order valence-electron chi connectivity index (χ2n) is 9.10. The van der Waals surface area contributed by atoms with Crippen molar-refractivity contribution in [3.8, 4) is 11.5 Å². The van der Waals surface area contributed by atoms with Crippen molar-refractivity contribution in [1.29, 1.82) is 0 Å². The third-order valence-electron chi connectivity index (χ3n) is 5.46. The number of ether oxygens (including phenoxy) is 3. The first-order valence-corrected chi connectivity index (χ1v) is 10.4. The summed E-state index contributed by atoms with van der Waals surface area (Å²) < 4.78 is 17.9. The maximum atomic E-state index is 12.5. The summed E-state index contributed by atoms with van der Waals surface area (Å²) in [6.07, 6.45) is -0.00873. The van der Waals surface area contributed by atoms with Crippen molar-refractivity contribution in [1.82, 2.24) is 4.90 Å². The van der Waals surface area contributed by atoms with E-state index in [0.29, 0.717) is 49.6 Å². The molecule has 2 aromatic rings. The van der Waals surface area contributed by atoms with Gasteiger partial charge in [0.1, 0.15) is 29.3 Å². The van der Waals surface area contributed by atoms with E-state index in [1.165, 1.54) is 0 Å². The quantitative estimate of drug-likeness (QED) is 0.808. The number of fused-ring (bicyclic) bond motifs is 1. The van der Waals surface area contributed by atoms with E-state index in [0.717, 1.165) is 5.56 Å². The number of benzene rings is 2. The molecular formula is C24H29NO5. The third kappa shape index (κ3) is 4.38. The molecule has 1 amide bonds. The fourth-order valence-corrected chi connectivity index (χ4v) is 4.11. The van der Waals surface area contributed by atoms with E-state index in [-0.39, 0.29) is 6.09 Å². The van der Waals surface area contributed by atoms with Crippen LogP contribution in [0.4, 0.5) is 4.79 Å². The van der Waals surface area contributed by atoms with Gasteiger partial charge in [-0.15, -0.1) is 0 Å². The lowest BCUT2D eigenvalue weighted by atomic mass is 9.87.